The summed E-state index contributed by atoms with van der Waals surface area (Å²) in [6.07, 6.45) is 2.07. The normalized spacial score (nSPS) is 13.1. The maximum Gasteiger partial charge on any atom is 0.314 e. The Morgan fingerprint density at radius 3 is 2.76 bits per heavy atom. The van der Waals surface area contributed by atoms with Gasteiger partial charge in [-0.05, 0) is 24.1 Å². The molecule has 0 aliphatic carbocycles. The summed E-state index contributed by atoms with van der Waals surface area (Å²) in [5, 5.41) is 5.78. The quantitative estimate of drug-likeness (QED) is 0.793. The lowest BCUT2D eigenvalue weighted by molar-refractivity contribution is 0.174. The SMILES string of the molecule is CCCCNC(=O)NCC(C)(C)c1ccc2c(c1)OCO2. The van der Waals surface area contributed by atoms with Gasteiger partial charge in [0, 0.05) is 18.5 Å². The number of rotatable bonds is 6. The van der Waals surface area contributed by atoms with Gasteiger partial charge in [0.2, 0.25) is 6.79 Å². The number of carbonyl (C=O) groups is 1. The van der Waals surface area contributed by atoms with Crippen molar-refractivity contribution in [1.29, 1.82) is 0 Å². The number of urea groups is 1. The number of carbonyl (C=O) groups excluding carboxylic acids is 1. The van der Waals surface area contributed by atoms with Crippen molar-refractivity contribution in [2.45, 2.75) is 39.0 Å². The first kappa shape index (κ1) is 15.5. The average molecular weight is 292 g/mol. The molecule has 2 amide bonds. The Bertz CT molecular complexity index is 500. The van der Waals surface area contributed by atoms with Crippen LogP contribution in [0.3, 0.4) is 0 Å². The molecule has 2 N–H and O–H groups in total. The van der Waals surface area contributed by atoms with Gasteiger partial charge in [0.15, 0.2) is 11.5 Å². The minimum absolute atomic E-state index is 0.114. The molecule has 1 heterocycles. The minimum Gasteiger partial charge on any atom is -0.454 e. The van der Waals surface area contributed by atoms with Crippen LogP contribution in [0, 0.1) is 0 Å². The highest BCUT2D eigenvalue weighted by atomic mass is 16.7. The number of hydrogen-bond donors (Lipinski definition) is 2. The largest absolute Gasteiger partial charge is 0.454 e. The third-order valence-electron chi connectivity index (χ3n) is 3.66. The van der Waals surface area contributed by atoms with Gasteiger partial charge in [-0.1, -0.05) is 33.3 Å². The first-order valence-electron chi connectivity index (χ1n) is 7.45. The Hall–Kier alpha value is -1.91. The smallest absolute Gasteiger partial charge is 0.314 e. The monoisotopic (exact) mass is 292 g/mol. The van der Waals surface area contributed by atoms with Crippen LogP contribution in [-0.2, 0) is 5.41 Å². The number of ether oxygens (including phenoxy) is 2. The van der Waals surface area contributed by atoms with Crippen molar-refractivity contribution in [2.24, 2.45) is 0 Å². The van der Waals surface area contributed by atoms with E-state index in [9.17, 15) is 4.79 Å². The summed E-state index contributed by atoms with van der Waals surface area (Å²) >= 11 is 0. The Morgan fingerprint density at radius 2 is 2.00 bits per heavy atom. The fraction of sp³-hybridized carbons (Fsp3) is 0.562. The van der Waals surface area contributed by atoms with Crippen LogP contribution in [0.5, 0.6) is 11.5 Å². The van der Waals surface area contributed by atoms with Crippen LogP contribution in [0.25, 0.3) is 0 Å². The molecule has 1 aromatic rings. The average Bonchev–Trinajstić information content (AvgIpc) is 2.93. The molecule has 0 bridgehead atoms. The van der Waals surface area contributed by atoms with E-state index in [0.29, 0.717) is 13.1 Å². The van der Waals surface area contributed by atoms with Crippen molar-refractivity contribution < 1.29 is 14.3 Å². The Morgan fingerprint density at radius 1 is 1.24 bits per heavy atom. The highest BCUT2D eigenvalue weighted by molar-refractivity contribution is 5.73. The summed E-state index contributed by atoms with van der Waals surface area (Å²) in [6.45, 7) is 7.84. The molecule has 0 spiro atoms. The summed E-state index contributed by atoms with van der Waals surface area (Å²) in [7, 11) is 0. The lowest BCUT2D eigenvalue weighted by Gasteiger charge is -2.26. The van der Waals surface area contributed by atoms with Gasteiger partial charge in [-0.2, -0.15) is 0 Å². The molecule has 1 aromatic carbocycles. The number of amides is 2. The molecule has 0 atom stereocenters. The molecule has 21 heavy (non-hydrogen) atoms. The van der Waals surface area contributed by atoms with E-state index in [1.807, 2.05) is 18.2 Å². The van der Waals surface area contributed by atoms with Gasteiger partial charge < -0.3 is 20.1 Å². The molecule has 5 nitrogen and oxygen atoms in total. The Balaban J connectivity index is 1.90. The summed E-state index contributed by atoms with van der Waals surface area (Å²) in [6, 6.07) is 5.81. The van der Waals surface area contributed by atoms with Crippen LogP contribution >= 0.6 is 0 Å². The lowest BCUT2D eigenvalue weighted by Crippen LogP contribution is -2.42. The van der Waals surface area contributed by atoms with Gasteiger partial charge >= 0.3 is 6.03 Å². The molecule has 0 aromatic heterocycles. The molecule has 1 aliphatic heterocycles. The number of hydrogen-bond acceptors (Lipinski definition) is 3. The number of nitrogens with one attached hydrogen (secondary N) is 2. The molecular weight excluding hydrogens is 268 g/mol. The van der Waals surface area contributed by atoms with E-state index in [2.05, 4.69) is 31.4 Å². The highest BCUT2D eigenvalue weighted by Crippen LogP contribution is 2.36. The fourth-order valence-corrected chi connectivity index (χ4v) is 2.16. The summed E-state index contributed by atoms with van der Waals surface area (Å²) in [5.41, 5.74) is 0.934. The summed E-state index contributed by atoms with van der Waals surface area (Å²) < 4.78 is 10.7. The van der Waals surface area contributed by atoms with Gasteiger partial charge in [-0.15, -0.1) is 0 Å². The van der Waals surface area contributed by atoms with Gasteiger partial charge in [0.1, 0.15) is 0 Å². The molecule has 0 unspecified atom stereocenters. The van der Waals surface area contributed by atoms with E-state index >= 15 is 0 Å². The van der Waals surface area contributed by atoms with E-state index in [-0.39, 0.29) is 18.2 Å². The Kier molecular flexibility index (Phi) is 4.94. The van der Waals surface area contributed by atoms with Gasteiger partial charge in [-0.25, -0.2) is 4.79 Å². The zero-order chi connectivity index (χ0) is 15.3. The van der Waals surface area contributed by atoms with Gasteiger partial charge in [0.05, 0.1) is 0 Å². The number of benzene rings is 1. The van der Waals surface area contributed by atoms with Crippen molar-refractivity contribution in [2.75, 3.05) is 19.9 Å². The number of unbranched alkanes of at least 4 members (excludes halogenated alkanes) is 1. The second-order valence-electron chi connectivity index (χ2n) is 5.91. The summed E-state index contributed by atoms with van der Waals surface area (Å²) in [5.74, 6) is 1.55. The van der Waals surface area contributed by atoms with E-state index < -0.39 is 0 Å². The van der Waals surface area contributed by atoms with Crippen LogP contribution in [0.4, 0.5) is 4.79 Å². The van der Waals surface area contributed by atoms with E-state index in [4.69, 9.17) is 9.47 Å². The fourth-order valence-electron chi connectivity index (χ4n) is 2.16. The summed E-state index contributed by atoms with van der Waals surface area (Å²) in [4.78, 5) is 11.7. The lowest BCUT2D eigenvalue weighted by atomic mass is 9.84. The van der Waals surface area contributed by atoms with Crippen molar-refractivity contribution in [3.63, 3.8) is 0 Å². The minimum atomic E-state index is -0.178. The maximum atomic E-state index is 11.7. The second kappa shape index (κ2) is 6.70. The van der Waals surface area contributed by atoms with E-state index in [1.165, 1.54) is 0 Å². The van der Waals surface area contributed by atoms with Crippen LogP contribution in [-0.4, -0.2) is 25.9 Å². The predicted octanol–water partition coefficient (Wildman–Crippen LogP) is 2.79. The topological polar surface area (TPSA) is 59.6 Å². The molecule has 0 radical (unpaired) electrons. The zero-order valence-corrected chi connectivity index (χ0v) is 13.0. The predicted molar refractivity (Wildman–Crippen MR) is 81.9 cm³/mol. The first-order chi connectivity index (χ1) is 10.0. The van der Waals surface area contributed by atoms with Crippen LogP contribution in [0.15, 0.2) is 18.2 Å². The molecule has 0 saturated carbocycles. The Labute approximate surface area is 126 Å². The molecular formula is C16H24N2O3. The highest BCUT2D eigenvalue weighted by Gasteiger charge is 2.24. The molecule has 0 fully saturated rings. The van der Waals surface area contributed by atoms with Crippen molar-refractivity contribution in [3.05, 3.63) is 23.8 Å². The zero-order valence-electron chi connectivity index (χ0n) is 13.0. The third kappa shape index (κ3) is 4.03. The van der Waals surface area contributed by atoms with Crippen molar-refractivity contribution in [3.8, 4) is 11.5 Å². The van der Waals surface area contributed by atoms with Crippen LogP contribution in [0.2, 0.25) is 0 Å². The molecule has 1 aliphatic rings. The maximum absolute atomic E-state index is 11.7. The van der Waals surface area contributed by atoms with E-state index in [0.717, 1.165) is 29.9 Å². The molecule has 2 rings (SSSR count). The van der Waals surface area contributed by atoms with Crippen molar-refractivity contribution >= 4 is 6.03 Å². The second-order valence-corrected chi connectivity index (χ2v) is 5.91. The molecule has 116 valence electrons. The van der Waals surface area contributed by atoms with Gasteiger partial charge in [0.25, 0.3) is 0 Å². The number of fused-ring (bicyclic) bond motifs is 1. The van der Waals surface area contributed by atoms with E-state index in [1.54, 1.807) is 0 Å². The standard InChI is InChI=1S/C16H24N2O3/c1-4-5-8-17-15(19)18-10-16(2,3)12-6-7-13-14(9-12)21-11-20-13/h6-7,9H,4-5,8,10-11H2,1-3H3,(H2,17,18,19). The molecule has 0 saturated heterocycles. The van der Waals surface area contributed by atoms with Crippen LogP contribution < -0.4 is 20.1 Å². The van der Waals surface area contributed by atoms with Gasteiger partial charge in [-0.3, -0.25) is 0 Å². The van der Waals surface area contributed by atoms with Crippen molar-refractivity contribution in [1.82, 2.24) is 10.6 Å². The first-order valence-corrected chi connectivity index (χ1v) is 7.45. The van der Waals surface area contributed by atoms with Crippen LogP contribution in [0.1, 0.15) is 39.2 Å². The molecule has 5 heteroatoms. The third-order valence-corrected chi connectivity index (χ3v) is 3.66.